The summed E-state index contributed by atoms with van der Waals surface area (Å²) in [4.78, 5) is 11.0. The summed E-state index contributed by atoms with van der Waals surface area (Å²) in [5.41, 5.74) is 0.306. The third-order valence-corrected chi connectivity index (χ3v) is 3.32. The molecule has 0 unspecified atom stereocenters. The normalized spacial score (nSPS) is 13.8. The molecule has 0 amide bonds. The summed E-state index contributed by atoms with van der Waals surface area (Å²) in [6.07, 6.45) is 3.09. The zero-order valence-electron chi connectivity index (χ0n) is 11.4. The van der Waals surface area contributed by atoms with Gasteiger partial charge in [0.2, 0.25) is 0 Å². The zero-order chi connectivity index (χ0) is 14.7. The average molecular weight is 286 g/mol. The van der Waals surface area contributed by atoms with Crippen molar-refractivity contribution in [3.05, 3.63) is 53.8 Å². The highest BCUT2D eigenvalue weighted by atomic mass is 19.1. The molecule has 1 saturated carbocycles. The van der Waals surface area contributed by atoms with Crippen LogP contribution in [0.4, 0.5) is 4.39 Å². The Morgan fingerprint density at radius 1 is 1.14 bits per heavy atom. The second kappa shape index (κ2) is 5.95. The Morgan fingerprint density at radius 2 is 1.95 bits per heavy atom. The topological polar surface area (TPSA) is 35.5 Å². The summed E-state index contributed by atoms with van der Waals surface area (Å²) in [7, 11) is 0. The van der Waals surface area contributed by atoms with Crippen LogP contribution in [-0.4, -0.2) is 12.9 Å². The Labute approximate surface area is 122 Å². The van der Waals surface area contributed by atoms with Crippen LogP contribution in [0.1, 0.15) is 23.2 Å². The average Bonchev–Trinajstić information content (AvgIpc) is 3.30. The first-order chi connectivity index (χ1) is 10.2. The second-order valence-corrected chi connectivity index (χ2v) is 5.13. The second-order valence-electron chi connectivity index (χ2n) is 5.13. The van der Waals surface area contributed by atoms with Gasteiger partial charge < -0.3 is 9.47 Å². The van der Waals surface area contributed by atoms with Crippen LogP contribution >= 0.6 is 0 Å². The van der Waals surface area contributed by atoms with Crippen LogP contribution in [0.25, 0.3) is 0 Å². The summed E-state index contributed by atoms with van der Waals surface area (Å²) in [6, 6.07) is 10.9. The van der Waals surface area contributed by atoms with E-state index in [9.17, 15) is 9.18 Å². The van der Waals surface area contributed by atoms with Gasteiger partial charge in [0.25, 0.3) is 0 Å². The van der Waals surface area contributed by atoms with E-state index in [1.165, 1.54) is 31.0 Å². The largest absolute Gasteiger partial charge is 0.493 e. The SMILES string of the molecule is O=Cc1ccc(F)cc1Oc1cccc(OCC2CC2)c1. The Balaban J connectivity index is 1.75. The van der Waals surface area contributed by atoms with E-state index in [0.717, 1.165) is 0 Å². The van der Waals surface area contributed by atoms with Crippen molar-refractivity contribution < 1.29 is 18.7 Å². The maximum absolute atomic E-state index is 13.3. The van der Waals surface area contributed by atoms with Crippen molar-refractivity contribution in [2.75, 3.05) is 6.61 Å². The minimum absolute atomic E-state index is 0.198. The number of rotatable bonds is 6. The lowest BCUT2D eigenvalue weighted by Gasteiger charge is -2.10. The highest BCUT2D eigenvalue weighted by molar-refractivity contribution is 5.79. The highest BCUT2D eigenvalue weighted by Gasteiger charge is 2.21. The summed E-state index contributed by atoms with van der Waals surface area (Å²) < 4.78 is 24.5. The van der Waals surface area contributed by atoms with Crippen LogP contribution in [0.3, 0.4) is 0 Å². The van der Waals surface area contributed by atoms with E-state index < -0.39 is 5.82 Å². The van der Waals surface area contributed by atoms with E-state index in [0.29, 0.717) is 35.9 Å². The smallest absolute Gasteiger partial charge is 0.153 e. The third-order valence-electron chi connectivity index (χ3n) is 3.32. The molecule has 0 aliphatic heterocycles. The van der Waals surface area contributed by atoms with Crippen LogP contribution in [0.2, 0.25) is 0 Å². The Kier molecular flexibility index (Phi) is 3.86. The van der Waals surface area contributed by atoms with Gasteiger partial charge in [0.1, 0.15) is 23.1 Å². The lowest BCUT2D eigenvalue weighted by Crippen LogP contribution is -1.99. The molecule has 3 nitrogen and oxygen atoms in total. The highest BCUT2D eigenvalue weighted by Crippen LogP contribution is 2.31. The van der Waals surface area contributed by atoms with Crippen LogP contribution in [-0.2, 0) is 0 Å². The summed E-state index contributed by atoms with van der Waals surface area (Å²) in [6.45, 7) is 0.711. The standard InChI is InChI=1S/C17H15FO3/c18-14-7-6-13(10-19)17(8-14)21-16-3-1-2-15(9-16)20-11-12-4-5-12/h1-3,6-10,12H,4-5,11H2. The first-order valence-electron chi connectivity index (χ1n) is 6.90. The van der Waals surface area contributed by atoms with Gasteiger partial charge in [-0.3, -0.25) is 4.79 Å². The van der Waals surface area contributed by atoms with Crippen LogP contribution in [0.15, 0.2) is 42.5 Å². The van der Waals surface area contributed by atoms with E-state index in [-0.39, 0.29) is 5.75 Å². The number of ether oxygens (including phenoxy) is 2. The number of benzene rings is 2. The van der Waals surface area contributed by atoms with Crippen molar-refractivity contribution >= 4 is 6.29 Å². The molecule has 1 aliphatic carbocycles. The Bertz CT molecular complexity index is 650. The molecule has 21 heavy (non-hydrogen) atoms. The molecule has 0 spiro atoms. The number of carbonyl (C=O) groups is 1. The van der Waals surface area contributed by atoms with E-state index >= 15 is 0 Å². The quantitative estimate of drug-likeness (QED) is 0.746. The monoisotopic (exact) mass is 286 g/mol. The van der Waals surface area contributed by atoms with Gasteiger partial charge in [0.15, 0.2) is 6.29 Å². The van der Waals surface area contributed by atoms with Crippen LogP contribution in [0.5, 0.6) is 17.2 Å². The molecular weight excluding hydrogens is 271 g/mol. The predicted molar refractivity (Wildman–Crippen MR) is 76.5 cm³/mol. The molecule has 0 N–H and O–H groups in total. The zero-order valence-corrected chi connectivity index (χ0v) is 11.4. The lowest BCUT2D eigenvalue weighted by molar-refractivity contribution is 0.112. The van der Waals surface area contributed by atoms with E-state index in [1.807, 2.05) is 6.07 Å². The number of hydrogen-bond acceptors (Lipinski definition) is 3. The summed E-state index contributed by atoms with van der Waals surface area (Å²) in [5.74, 6) is 1.64. The van der Waals surface area contributed by atoms with E-state index in [4.69, 9.17) is 9.47 Å². The van der Waals surface area contributed by atoms with Crippen molar-refractivity contribution in [3.8, 4) is 17.2 Å². The molecule has 4 heteroatoms. The van der Waals surface area contributed by atoms with Gasteiger partial charge in [0.05, 0.1) is 12.2 Å². The first-order valence-corrected chi connectivity index (χ1v) is 6.90. The maximum Gasteiger partial charge on any atom is 0.153 e. The number of halogens is 1. The first kappa shape index (κ1) is 13.6. The number of aldehydes is 1. The molecule has 1 aliphatic rings. The van der Waals surface area contributed by atoms with Gasteiger partial charge in [-0.1, -0.05) is 6.07 Å². The molecule has 3 rings (SSSR count). The fourth-order valence-electron chi connectivity index (χ4n) is 1.95. The Morgan fingerprint density at radius 3 is 2.71 bits per heavy atom. The molecule has 0 bridgehead atoms. The predicted octanol–water partition coefficient (Wildman–Crippen LogP) is 4.22. The van der Waals surface area contributed by atoms with Gasteiger partial charge in [-0.25, -0.2) is 4.39 Å². The van der Waals surface area contributed by atoms with Crippen molar-refractivity contribution in [3.63, 3.8) is 0 Å². The molecule has 0 heterocycles. The Hall–Kier alpha value is -2.36. The number of hydrogen-bond donors (Lipinski definition) is 0. The van der Waals surface area contributed by atoms with E-state index in [1.54, 1.807) is 18.2 Å². The van der Waals surface area contributed by atoms with Gasteiger partial charge in [-0.05, 0) is 43.0 Å². The molecule has 0 atom stereocenters. The molecule has 0 saturated heterocycles. The van der Waals surface area contributed by atoms with Gasteiger partial charge in [-0.15, -0.1) is 0 Å². The molecule has 0 radical (unpaired) electrons. The van der Waals surface area contributed by atoms with Crippen molar-refractivity contribution in [1.29, 1.82) is 0 Å². The summed E-state index contributed by atoms with van der Waals surface area (Å²) in [5, 5.41) is 0. The fraction of sp³-hybridized carbons (Fsp3) is 0.235. The molecule has 1 fully saturated rings. The molecular formula is C17H15FO3. The minimum Gasteiger partial charge on any atom is -0.493 e. The minimum atomic E-state index is -0.447. The molecule has 2 aromatic carbocycles. The summed E-state index contributed by atoms with van der Waals surface area (Å²) >= 11 is 0. The maximum atomic E-state index is 13.3. The van der Waals surface area contributed by atoms with Crippen molar-refractivity contribution in [1.82, 2.24) is 0 Å². The molecule has 0 aromatic heterocycles. The molecule has 2 aromatic rings. The van der Waals surface area contributed by atoms with Crippen LogP contribution in [0, 0.1) is 11.7 Å². The lowest BCUT2D eigenvalue weighted by atomic mass is 10.2. The van der Waals surface area contributed by atoms with Crippen molar-refractivity contribution in [2.24, 2.45) is 5.92 Å². The molecule has 108 valence electrons. The van der Waals surface area contributed by atoms with Crippen molar-refractivity contribution in [2.45, 2.75) is 12.8 Å². The fourth-order valence-corrected chi connectivity index (χ4v) is 1.95. The number of carbonyl (C=O) groups excluding carboxylic acids is 1. The van der Waals surface area contributed by atoms with Crippen LogP contribution < -0.4 is 9.47 Å². The third kappa shape index (κ3) is 3.60. The van der Waals surface area contributed by atoms with E-state index in [2.05, 4.69) is 0 Å². The van der Waals surface area contributed by atoms with Gasteiger partial charge in [0, 0.05) is 12.1 Å². The van der Waals surface area contributed by atoms with Gasteiger partial charge >= 0.3 is 0 Å². The van der Waals surface area contributed by atoms with Gasteiger partial charge in [-0.2, -0.15) is 0 Å².